The van der Waals surface area contributed by atoms with Gasteiger partial charge in [0.25, 0.3) is 5.91 Å². The maximum absolute atomic E-state index is 11.3. The molecular weight excluding hydrogens is 222 g/mol. The second-order valence-corrected chi connectivity index (χ2v) is 3.04. The topological polar surface area (TPSA) is 104 Å². The van der Waals surface area contributed by atoms with Crippen molar-refractivity contribution in [1.29, 1.82) is 0 Å². The molecule has 0 atom stereocenters. The van der Waals surface area contributed by atoms with Gasteiger partial charge in [0.15, 0.2) is 0 Å². The van der Waals surface area contributed by atoms with Crippen molar-refractivity contribution in [3.8, 4) is 5.75 Å². The van der Waals surface area contributed by atoms with E-state index in [1.807, 2.05) is 10.9 Å². The third-order valence-corrected chi connectivity index (χ3v) is 1.74. The van der Waals surface area contributed by atoms with E-state index in [9.17, 15) is 14.7 Å². The molecule has 1 rings (SSSR count). The van der Waals surface area contributed by atoms with E-state index in [1.54, 1.807) is 0 Å². The molecule has 80 valence electrons. The van der Waals surface area contributed by atoms with E-state index in [0.717, 1.165) is 0 Å². The zero-order valence-electron chi connectivity index (χ0n) is 7.45. The lowest BCUT2D eigenvalue weighted by Gasteiger charge is -2.06. The first-order chi connectivity index (χ1) is 7.00. The molecule has 3 amide bonds. The Morgan fingerprint density at radius 3 is 2.53 bits per heavy atom. The number of aromatic hydroxyl groups is 1. The van der Waals surface area contributed by atoms with Gasteiger partial charge in [0.2, 0.25) is 0 Å². The predicted octanol–water partition coefficient (Wildman–Crippen LogP) is 0.359. The van der Waals surface area contributed by atoms with E-state index in [-0.39, 0.29) is 11.3 Å². The van der Waals surface area contributed by atoms with Gasteiger partial charge in [-0.1, -0.05) is 11.6 Å². The number of benzene rings is 1. The SMILES string of the molecule is NC(=O)NNC(=O)c1ccc(Cl)cc1O. The number of primary amides is 1. The summed E-state index contributed by atoms with van der Waals surface area (Å²) in [4.78, 5) is 21.6. The van der Waals surface area contributed by atoms with E-state index in [0.29, 0.717) is 5.02 Å². The number of amides is 3. The Labute approximate surface area is 90.0 Å². The predicted molar refractivity (Wildman–Crippen MR) is 53.3 cm³/mol. The average Bonchev–Trinajstić information content (AvgIpc) is 2.14. The van der Waals surface area contributed by atoms with Crippen molar-refractivity contribution in [2.75, 3.05) is 0 Å². The summed E-state index contributed by atoms with van der Waals surface area (Å²) in [5.41, 5.74) is 8.59. The summed E-state index contributed by atoms with van der Waals surface area (Å²) in [6.07, 6.45) is 0. The second kappa shape index (κ2) is 4.52. The molecule has 0 aliphatic rings. The molecule has 0 spiro atoms. The second-order valence-electron chi connectivity index (χ2n) is 2.60. The summed E-state index contributed by atoms with van der Waals surface area (Å²) in [6, 6.07) is 3.05. The van der Waals surface area contributed by atoms with E-state index < -0.39 is 11.9 Å². The third-order valence-electron chi connectivity index (χ3n) is 1.50. The monoisotopic (exact) mass is 229 g/mol. The Morgan fingerprint density at radius 1 is 1.33 bits per heavy atom. The number of hydrazine groups is 1. The molecule has 15 heavy (non-hydrogen) atoms. The summed E-state index contributed by atoms with van der Waals surface area (Å²) in [7, 11) is 0. The lowest BCUT2D eigenvalue weighted by molar-refractivity contribution is 0.0934. The Bertz CT molecular complexity index is 408. The smallest absolute Gasteiger partial charge is 0.330 e. The van der Waals surface area contributed by atoms with Crippen molar-refractivity contribution in [3.63, 3.8) is 0 Å². The lowest BCUT2D eigenvalue weighted by atomic mass is 10.2. The molecule has 0 aliphatic heterocycles. The van der Waals surface area contributed by atoms with Crippen LogP contribution in [-0.2, 0) is 0 Å². The minimum atomic E-state index is -0.906. The van der Waals surface area contributed by atoms with Gasteiger partial charge in [-0.2, -0.15) is 0 Å². The van der Waals surface area contributed by atoms with Crippen LogP contribution in [0.2, 0.25) is 5.02 Å². The van der Waals surface area contributed by atoms with Crippen LogP contribution in [0.1, 0.15) is 10.4 Å². The Kier molecular flexibility index (Phi) is 3.35. The molecule has 5 N–H and O–H groups in total. The number of carbonyl (C=O) groups is 2. The van der Waals surface area contributed by atoms with Crippen molar-refractivity contribution < 1.29 is 14.7 Å². The van der Waals surface area contributed by atoms with Crippen LogP contribution >= 0.6 is 11.6 Å². The molecule has 0 radical (unpaired) electrons. The highest BCUT2D eigenvalue weighted by molar-refractivity contribution is 6.30. The molecule has 0 saturated heterocycles. The fourth-order valence-electron chi connectivity index (χ4n) is 0.883. The van der Waals surface area contributed by atoms with Gasteiger partial charge in [0, 0.05) is 5.02 Å². The summed E-state index contributed by atoms with van der Waals surface area (Å²) < 4.78 is 0. The third kappa shape index (κ3) is 3.03. The number of phenols is 1. The van der Waals surface area contributed by atoms with E-state index in [2.05, 4.69) is 0 Å². The van der Waals surface area contributed by atoms with Gasteiger partial charge in [-0.05, 0) is 18.2 Å². The van der Waals surface area contributed by atoms with Crippen LogP contribution in [0, 0.1) is 0 Å². The van der Waals surface area contributed by atoms with Crippen LogP contribution in [0.4, 0.5) is 4.79 Å². The zero-order valence-corrected chi connectivity index (χ0v) is 8.21. The first kappa shape index (κ1) is 11.1. The molecule has 0 fully saturated rings. The van der Waals surface area contributed by atoms with Crippen LogP contribution in [0.25, 0.3) is 0 Å². The molecule has 0 aromatic heterocycles. The standard InChI is InChI=1S/C8H8ClN3O3/c9-4-1-2-5(6(13)3-4)7(14)11-12-8(10)15/h1-3,13H,(H,11,14)(H3,10,12,15). The van der Waals surface area contributed by atoms with Gasteiger partial charge in [0.1, 0.15) is 5.75 Å². The average molecular weight is 230 g/mol. The quantitative estimate of drug-likeness (QED) is 0.523. The zero-order chi connectivity index (χ0) is 11.4. The minimum absolute atomic E-state index is 0.0202. The molecule has 1 aromatic carbocycles. The highest BCUT2D eigenvalue weighted by Gasteiger charge is 2.11. The van der Waals surface area contributed by atoms with E-state index in [4.69, 9.17) is 17.3 Å². The molecule has 1 aromatic rings. The van der Waals surface area contributed by atoms with Crippen molar-refractivity contribution in [3.05, 3.63) is 28.8 Å². The van der Waals surface area contributed by atoms with Crippen molar-refractivity contribution in [2.45, 2.75) is 0 Å². The molecule has 0 bridgehead atoms. The number of hydrogen-bond acceptors (Lipinski definition) is 3. The van der Waals surface area contributed by atoms with Gasteiger partial charge in [-0.25, -0.2) is 10.2 Å². The Morgan fingerprint density at radius 2 is 2.00 bits per heavy atom. The van der Waals surface area contributed by atoms with Gasteiger partial charge < -0.3 is 10.8 Å². The number of rotatable bonds is 1. The number of phenolic OH excluding ortho intramolecular Hbond substituents is 1. The number of carbonyl (C=O) groups excluding carboxylic acids is 2. The lowest BCUT2D eigenvalue weighted by Crippen LogP contribution is -2.44. The highest BCUT2D eigenvalue weighted by Crippen LogP contribution is 2.21. The number of nitrogens with one attached hydrogen (secondary N) is 2. The number of halogens is 1. The molecular formula is C8H8ClN3O3. The van der Waals surface area contributed by atoms with Gasteiger partial charge in [-0.15, -0.1) is 0 Å². The Hall–Kier alpha value is -1.95. The molecule has 0 saturated carbocycles. The first-order valence-corrected chi connectivity index (χ1v) is 4.23. The van der Waals surface area contributed by atoms with Crippen LogP contribution < -0.4 is 16.6 Å². The molecule has 7 heteroatoms. The highest BCUT2D eigenvalue weighted by atomic mass is 35.5. The van der Waals surface area contributed by atoms with Crippen LogP contribution in [0.3, 0.4) is 0 Å². The molecule has 0 heterocycles. The summed E-state index contributed by atoms with van der Waals surface area (Å²) >= 11 is 5.57. The molecule has 0 aliphatic carbocycles. The van der Waals surface area contributed by atoms with Crippen molar-refractivity contribution >= 4 is 23.5 Å². The molecule has 6 nitrogen and oxygen atoms in total. The van der Waals surface area contributed by atoms with Crippen LogP contribution in [-0.4, -0.2) is 17.0 Å². The van der Waals surface area contributed by atoms with Gasteiger partial charge in [-0.3, -0.25) is 10.2 Å². The summed E-state index contributed by atoms with van der Waals surface area (Å²) in [6.45, 7) is 0. The fourth-order valence-corrected chi connectivity index (χ4v) is 1.05. The number of urea groups is 1. The maximum Gasteiger partial charge on any atom is 0.330 e. The van der Waals surface area contributed by atoms with Gasteiger partial charge in [0.05, 0.1) is 5.56 Å². The largest absolute Gasteiger partial charge is 0.507 e. The minimum Gasteiger partial charge on any atom is -0.507 e. The summed E-state index contributed by atoms with van der Waals surface area (Å²) in [5, 5.41) is 9.64. The number of hydrogen-bond donors (Lipinski definition) is 4. The first-order valence-electron chi connectivity index (χ1n) is 3.85. The van der Waals surface area contributed by atoms with E-state index >= 15 is 0 Å². The van der Waals surface area contributed by atoms with Crippen molar-refractivity contribution in [1.82, 2.24) is 10.9 Å². The fraction of sp³-hybridized carbons (Fsp3) is 0. The number of nitrogens with two attached hydrogens (primary N) is 1. The normalized spacial score (nSPS) is 9.40. The summed E-state index contributed by atoms with van der Waals surface area (Å²) in [5.74, 6) is -0.978. The maximum atomic E-state index is 11.3. The van der Waals surface area contributed by atoms with Crippen LogP contribution in [0.5, 0.6) is 5.75 Å². The van der Waals surface area contributed by atoms with Crippen LogP contribution in [0.15, 0.2) is 18.2 Å². The van der Waals surface area contributed by atoms with E-state index in [1.165, 1.54) is 18.2 Å². The van der Waals surface area contributed by atoms with Gasteiger partial charge >= 0.3 is 6.03 Å². The molecule has 0 unspecified atom stereocenters. The van der Waals surface area contributed by atoms with Crippen molar-refractivity contribution in [2.24, 2.45) is 5.73 Å². The Balaban J connectivity index is 2.78.